The minimum atomic E-state index is 0.232. The summed E-state index contributed by atoms with van der Waals surface area (Å²) in [4.78, 5) is 2.08. The molecule has 0 saturated carbocycles. The lowest BCUT2D eigenvalue weighted by molar-refractivity contribution is 0.343. The summed E-state index contributed by atoms with van der Waals surface area (Å²) in [6.45, 7) is 2.65. The summed E-state index contributed by atoms with van der Waals surface area (Å²) in [5.74, 6) is 0.975. The standard InChI is InChI=1S/C18H19NO2/c1-12-11-21-17-10-15(20)8-9-16(17)18(12)13-4-6-14(7-5-13)19(2)3/h4-10,20H,11H2,1-3H3. The van der Waals surface area contributed by atoms with E-state index in [1.165, 1.54) is 22.4 Å². The highest BCUT2D eigenvalue weighted by Crippen LogP contribution is 2.39. The van der Waals surface area contributed by atoms with Gasteiger partial charge in [0.15, 0.2) is 0 Å². The first-order valence-corrected chi connectivity index (χ1v) is 7.00. The number of phenolic OH excluding ortho intramolecular Hbond substituents is 1. The zero-order valence-electron chi connectivity index (χ0n) is 12.6. The fraction of sp³-hybridized carbons (Fsp3) is 0.222. The lowest BCUT2D eigenvalue weighted by Crippen LogP contribution is -2.11. The molecular formula is C18H19NO2. The predicted molar refractivity (Wildman–Crippen MR) is 86.1 cm³/mol. The van der Waals surface area contributed by atoms with Crippen LogP contribution >= 0.6 is 0 Å². The molecule has 1 aliphatic rings. The van der Waals surface area contributed by atoms with Gasteiger partial charge in [-0.05, 0) is 47.9 Å². The third kappa shape index (κ3) is 2.47. The van der Waals surface area contributed by atoms with Gasteiger partial charge in [0.2, 0.25) is 0 Å². The molecule has 3 rings (SSSR count). The smallest absolute Gasteiger partial charge is 0.131 e. The highest BCUT2D eigenvalue weighted by Gasteiger charge is 2.19. The van der Waals surface area contributed by atoms with E-state index >= 15 is 0 Å². The number of hydrogen-bond acceptors (Lipinski definition) is 3. The van der Waals surface area contributed by atoms with Gasteiger partial charge in [-0.3, -0.25) is 0 Å². The summed E-state index contributed by atoms with van der Waals surface area (Å²) in [5, 5.41) is 9.61. The predicted octanol–water partition coefficient (Wildman–Crippen LogP) is 3.67. The van der Waals surface area contributed by atoms with Crippen molar-refractivity contribution in [2.45, 2.75) is 6.92 Å². The molecule has 1 aliphatic heterocycles. The molecule has 1 heterocycles. The van der Waals surface area contributed by atoms with Gasteiger partial charge in [-0.15, -0.1) is 0 Å². The highest BCUT2D eigenvalue weighted by molar-refractivity contribution is 5.86. The van der Waals surface area contributed by atoms with Crippen LogP contribution in [0.2, 0.25) is 0 Å². The highest BCUT2D eigenvalue weighted by atomic mass is 16.5. The first-order valence-electron chi connectivity index (χ1n) is 7.00. The van der Waals surface area contributed by atoms with Crippen molar-refractivity contribution < 1.29 is 9.84 Å². The van der Waals surface area contributed by atoms with Crippen LogP contribution in [0.15, 0.2) is 48.0 Å². The molecule has 2 aromatic carbocycles. The molecule has 0 atom stereocenters. The van der Waals surface area contributed by atoms with Crippen LogP contribution in [-0.2, 0) is 0 Å². The Kier molecular flexibility index (Phi) is 3.34. The van der Waals surface area contributed by atoms with Crippen LogP contribution in [0.1, 0.15) is 18.1 Å². The van der Waals surface area contributed by atoms with Gasteiger partial charge in [0, 0.05) is 31.4 Å². The molecule has 0 amide bonds. The van der Waals surface area contributed by atoms with E-state index in [0.717, 1.165) is 11.3 Å². The van der Waals surface area contributed by atoms with Crippen molar-refractivity contribution in [1.29, 1.82) is 0 Å². The molecule has 1 N–H and O–H groups in total. The quantitative estimate of drug-likeness (QED) is 0.911. The Hall–Kier alpha value is -2.42. The summed E-state index contributed by atoms with van der Waals surface area (Å²) >= 11 is 0. The maximum absolute atomic E-state index is 9.61. The normalized spacial score (nSPS) is 13.7. The molecule has 2 aromatic rings. The van der Waals surface area contributed by atoms with Crippen LogP contribution in [0.3, 0.4) is 0 Å². The van der Waals surface area contributed by atoms with Crippen molar-refractivity contribution in [3.8, 4) is 11.5 Å². The minimum absolute atomic E-state index is 0.232. The number of ether oxygens (including phenoxy) is 1. The lowest BCUT2D eigenvalue weighted by Gasteiger charge is -2.23. The van der Waals surface area contributed by atoms with Gasteiger partial charge in [0.25, 0.3) is 0 Å². The number of phenols is 1. The molecule has 0 aliphatic carbocycles. The third-order valence-electron chi connectivity index (χ3n) is 3.78. The third-order valence-corrected chi connectivity index (χ3v) is 3.78. The average Bonchev–Trinajstić information content (AvgIpc) is 2.47. The average molecular weight is 281 g/mol. The molecular weight excluding hydrogens is 262 g/mol. The van der Waals surface area contributed by atoms with E-state index in [4.69, 9.17) is 4.74 Å². The number of rotatable bonds is 2. The van der Waals surface area contributed by atoms with E-state index in [1.54, 1.807) is 12.1 Å². The maximum atomic E-state index is 9.61. The van der Waals surface area contributed by atoms with Crippen LogP contribution in [0, 0.1) is 0 Å². The second-order valence-corrected chi connectivity index (χ2v) is 5.57. The van der Waals surface area contributed by atoms with Gasteiger partial charge in [-0.1, -0.05) is 12.1 Å². The molecule has 3 nitrogen and oxygen atoms in total. The zero-order valence-corrected chi connectivity index (χ0v) is 12.6. The largest absolute Gasteiger partial charge is 0.508 e. The van der Waals surface area contributed by atoms with E-state index < -0.39 is 0 Å². The van der Waals surface area contributed by atoms with Gasteiger partial charge in [-0.2, -0.15) is 0 Å². The van der Waals surface area contributed by atoms with Crippen molar-refractivity contribution in [2.75, 3.05) is 25.6 Å². The van der Waals surface area contributed by atoms with Gasteiger partial charge in [0.1, 0.15) is 18.1 Å². The fourth-order valence-electron chi connectivity index (χ4n) is 2.65. The molecule has 0 aromatic heterocycles. The summed E-state index contributed by atoms with van der Waals surface area (Å²) < 4.78 is 5.70. The van der Waals surface area contributed by atoms with Crippen molar-refractivity contribution >= 4 is 11.3 Å². The number of nitrogens with zero attached hydrogens (tertiary/aromatic N) is 1. The van der Waals surface area contributed by atoms with Crippen molar-refractivity contribution in [1.82, 2.24) is 0 Å². The van der Waals surface area contributed by atoms with Crippen LogP contribution in [0.4, 0.5) is 5.69 Å². The Labute approximate surface area is 125 Å². The Balaban J connectivity index is 2.08. The van der Waals surface area contributed by atoms with Gasteiger partial charge < -0.3 is 14.7 Å². The minimum Gasteiger partial charge on any atom is -0.508 e. The topological polar surface area (TPSA) is 32.7 Å². The molecule has 0 bridgehead atoms. The van der Waals surface area contributed by atoms with Crippen LogP contribution in [-0.4, -0.2) is 25.8 Å². The Morgan fingerprint density at radius 1 is 1.05 bits per heavy atom. The van der Waals surface area contributed by atoms with Crippen molar-refractivity contribution in [2.24, 2.45) is 0 Å². The molecule has 3 heteroatoms. The summed E-state index contributed by atoms with van der Waals surface area (Å²) in [6.07, 6.45) is 0. The fourth-order valence-corrected chi connectivity index (χ4v) is 2.65. The van der Waals surface area contributed by atoms with E-state index in [2.05, 4.69) is 36.1 Å². The SMILES string of the molecule is CC1=C(c2ccc(N(C)C)cc2)c2ccc(O)cc2OC1. The molecule has 0 fully saturated rings. The van der Waals surface area contributed by atoms with Gasteiger partial charge in [0.05, 0.1) is 0 Å². The summed E-state index contributed by atoms with van der Waals surface area (Å²) in [7, 11) is 4.07. The first-order chi connectivity index (χ1) is 10.1. The maximum Gasteiger partial charge on any atom is 0.131 e. The summed E-state index contributed by atoms with van der Waals surface area (Å²) in [5.41, 5.74) is 5.78. The van der Waals surface area contributed by atoms with E-state index in [9.17, 15) is 5.11 Å². The molecule has 0 saturated heterocycles. The molecule has 0 unspecified atom stereocenters. The Bertz CT molecular complexity index is 700. The monoisotopic (exact) mass is 281 g/mol. The number of hydrogen-bond donors (Lipinski definition) is 1. The lowest BCUT2D eigenvalue weighted by atomic mass is 9.91. The second kappa shape index (κ2) is 5.17. The zero-order chi connectivity index (χ0) is 15.0. The summed E-state index contributed by atoms with van der Waals surface area (Å²) in [6, 6.07) is 13.8. The van der Waals surface area contributed by atoms with Gasteiger partial charge in [-0.25, -0.2) is 0 Å². The van der Waals surface area contributed by atoms with Crippen molar-refractivity contribution in [3.05, 3.63) is 59.2 Å². The number of benzene rings is 2. The van der Waals surface area contributed by atoms with Crippen molar-refractivity contribution in [3.63, 3.8) is 0 Å². The molecule has 0 spiro atoms. The number of fused-ring (bicyclic) bond motifs is 1. The van der Waals surface area contributed by atoms with Crippen LogP contribution < -0.4 is 9.64 Å². The van der Waals surface area contributed by atoms with Gasteiger partial charge >= 0.3 is 0 Å². The van der Waals surface area contributed by atoms with Crippen LogP contribution in [0.5, 0.6) is 11.5 Å². The second-order valence-electron chi connectivity index (χ2n) is 5.57. The Morgan fingerprint density at radius 3 is 2.43 bits per heavy atom. The molecule has 0 radical (unpaired) electrons. The molecule has 21 heavy (non-hydrogen) atoms. The van der Waals surface area contributed by atoms with E-state index in [-0.39, 0.29) is 5.75 Å². The van der Waals surface area contributed by atoms with E-state index in [0.29, 0.717) is 6.61 Å². The van der Waals surface area contributed by atoms with Crippen LogP contribution in [0.25, 0.3) is 5.57 Å². The van der Waals surface area contributed by atoms with E-state index in [1.807, 2.05) is 20.2 Å². The molecule has 108 valence electrons. The number of anilines is 1. The Morgan fingerprint density at radius 2 is 1.76 bits per heavy atom. The number of aromatic hydroxyl groups is 1. The first kappa shape index (κ1) is 13.6.